The summed E-state index contributed by atoms with van der Waals surface area (Å²) in [5, 5.41) is 6.26. The van der Waals surface area contributed by atoms with E-state index >= 15 is 0 Å². The molecule has 0 atom stereocenters. The van der Waals surface area contributed by atoms with Crippen LogP contribution in [0.5, 0.6) is 0 Å². The molecule has 0 aromatic heterocycles. The van der Waals surface area contributed by atoms with Crippen LogP contribution in [0.1, 0.15) is 24.5 Å². The van der Waals surface area contributed by atoms with Crippen LogP contribution in [0.25, 0.3) is 0 Å². The Bertz CT molecular complexity index is 445. The maximum absolute atomic E-state index is 11.4. The molecule has 1 amide bonds. The predicted molar refractivity (Wildman–Crippen MR) is 78.4 cm³/mol. The fourth-order valence-electron chi connectivity index (χ4n) is 2.44. The second-order valence-electron chi connectivity index (χ2n) is 5.07. The van der Waals surface area contributed by atoms with Crippen molar-refractivity contribution in [2.75, 3.05) is 31.1 Å². The number of amides is 1. The largest absolute Gasteiger partial charge is 0.360 e. The first kappa shape index (κ1) is 13.9. The number of anilines is 1. The lowest BCUT2D eigenvalue weighted by atomic mass is 10.1. The number of carbonyl (C=O) groups is 1. The monoisotopic (exact) mass is 261 g/mol. The van der Waals surface area contributed by atoms with Crippen LogP contribution in [0, 0.1) is 6.92 Å². The van der Waals surface area contributed by atoms with Crippen molar-refractivity contribution < 1.29 is 4.79 Å². The van der Waals surface area contributed by atoms with Gasteiger partial charge in [-0.2, -0.15) is 0 Å². The van der Waals surface area contributed by atoms with Crippen LogP contribution in [0.3, 0.4) is 0 Å². The molecule has 0 unspecified atom stereocenters. The topological polar surface area (TPSA) is 44.4 Å². The van der Waals surface area contributed by atoms with Gasteiger partial charge in [-0.25, -0.2) is 0 Å². The lowest BCUT2D eigenvalue weighted by molar-refractivity contribution is -0.120. The molecule has 4 heteroatoms. The van der Waals surface area contributed by atoms with E-state index in [4.69, 9.17) is 0 Å². The summed E-state index contributed by atoms with van der Waals surface area (Å²) in [6.07, 6.45) is 1.15. The van der Waals surface area contributed by atoms with Crippen LogP contribution in [-0.4, -0.2) is 32.1 Å². The van der Waals surface area contributed by atoms with Crippen LogP contribution < -0.4 is 15.5 Å². The van der Waals surface area contributed by atoms with Crippen molar-refractivity contribution in [2.45, 2.75) is 26.8 Å². The van der Waals surface area contributed by atoms with Crippen molar-refractivity contribution in [3.05, 3.63) is 29.3 Å². The summed E-state index contributed by atoms with van der Waals surface area (Å²) in [4.78, 5) is 13.6. The fraction of sp³-hybridized carbons (Fsp3) is 0.533. The molecule has 19 heavy (non-hydrogen) atoms. The minimum atomic E-state index is 0.110. The molecule has 4 nitrogen and oxygen atoms in total. The molecule has 0 aliphatic carbocycles. The predicted octanol–water partition coefficient (Wildman–Crippen LogP) is 1.43. The van der Waals surface area contributed by atoms with E-state index in [1.54, 1.807) is 0 Å². The molecule has 104 valence electrons. The summed E-state index contributed by atoms with van der Waals surface area (Å²) in [7, 11) is 0. The first-order chi connectivity index (χ1) is 9.20. The lowest BCUT2D eigenvalue weighted by Crippen LogP contribution is -2.47. The summed E-state index contributed by atoms with van der Waals surface area (Å²) >= 11 is 0. The van der Waals surface area contributed by atoms with Crippen molar-refractivity contribution in [1.82, 2.24) is 10.6 Å². The van der Waals surface area contributed by atoms with E-state index in [9.17, 15) is 4.79 Å². The molecule has 0 spiro atoms. The van der Waals surface area contributed by atoms with Crippen molar-refractivity contribution in [1.29, 1.82) is 0 Å². The number of nitrogens with zero attached hydrogens (tertiary/aromatic N) is 1. The highest BCUT2D eigenvalue weighted by molar-refractivity contribution is 5.83. The second-order valence-corrected chi connectivity index (χ2v) is 5.07. The van der Waals surface area contributed by atoms with E-state index in [-0.39, 0.29) is 5.91 Å². The Morgan fingerprint density at radius 2 is 2.26 bits per heavy atom. The van der Waals surface area contributed by atoms with Gasteiger partial charge >= 0.3 is 0 Å². The first-order valence-electron chi connectivity index (χ1n) is 7.02. The van der Waals surface area contributed by atoms with Crippen molar-refractivity contribution in [3.63, 3.8) is 0 Å². The Labute approximate surface area is 115 Å². The number of benzene rings is 1. The number of piperazine rings is 1. The minimum absolute atomic E-state index is 0.110. The van der Waals surface area contributed by atoms with Crippen molar-refractivity contribution >= 4 is 11.6 Å². The Balaban J connectivity index is 2.04. The SMILES string of the molecule is CCCNCc1ccc(N2CCNC(=O)C2)c(C)c1. The van der Waals surface area contributed by atoms with Gasteiger partial charge in [0, 0.05) is 25.3 Å². The van der Waals surface area contributed by atoms with Crippen LogP contribution in [0.15, 0.2) is 18.2 Å². The van der Waals surface area contributed by atoms with Gasteiger partial charge in [0.25, 0.3) is 0 Å². The van der Waals surface area contributed by atoms with Crippen molar-refractivity contribution in [2.24, 2.45) is 0 Å². The Hall–Kier alpha value is -1.55. The van der Waals surface area contributed by atoms with E-state index in [1.165, 1.54) is 16.8 Å². The summed E-state index contributed by atoms with van der Waals surface area (Å²) in [5.74, 6) is 0.110. The zero-order valence-electron chi connectivity index (χ0n) is 11.8. The maximum Gasteiger partial charge on any atom is 0.239 e. The molecule has 1 aliphatic heterocycles. The summed E-state index contributed by atoms with van der Waals surface area (Å²) in [5.41, 5.74) is 3.72. The van der Waals surface area contributed by atoms with Gasteiger partial charge in [0.05, 0.1) is 6.54 Å². The van der Waals surface area contributed by atoms with E-state index in [1.807, 2.05) is 0 Å². The van der Waals surface area contributed by atoms with E-state index in [0.717, 1.165) is 32.6 Å². The number of aryl methyl sites for hydroxylation is 1. The quantitative estimate of drug-likeness (QED) is 0.788. The molecule has 0 saturated carbocycles. The van der Waals surface area contributed by atoms with Crippen LogP contribution in [0.4, 0.5) is 5.69 Å². The molecular weight excluding hydrogens is 238 g/mol. The molecule has 1 aromatic rings. The molecule has 1 heterocycles. The number of hydrogen-bond acceptors (Lipinski definition) is 3. The molecule has 0 bridgehead atoms. The molecule has 1 aliphatic rings. The molecule has 0 radical (unpaired) electrons. The van der Waals surface area contributed by atoms with Crippen LogP contribution in [-0.2, 0) is 11.3 Å². The average molecular weight is 261 g/mol. The molecule has 2 rings (SSSR count). The summed E-state index contributed by atoms with van der Waals surface area (Å²) in [6, 6.07) is 6.50. The van der Waals surface area contributed by atoms with E-state index in [2.05, 4.69) is 47.6 Å². The zero-order valence-corrected chi connectivity index (χ0v) is 11.8. The normalized spacial score (nSPS) is 15.5. The number of rotatable bonds is 5. The highest BCUT2D eigenvalue weighted by Gasteiger charge is 2.17. The zero-order chi connectivity index (χ0) is 13.7. The maximum atomic E-state index is 11.4. The van der Waals surface area contributed by atoms with E-state index < -0.39 is 0 Å². The molecular formula is C15H23N3O. The summed E-state index contributed by atoms with van der Waals surface area (Å²) in [6.45, 7) is 8.34. The number of hydrogen-bond donors (Lipinski definition) is 2. The van der Waals surface area contributed by atoms with Gasteiger partial charge in [-0.05, 0) is 37.1 Å². The molecule has 1 aromatic carbocycles. The van der Waals surface area contributed by atoms with Gasteiger partial charge in [-0.1, -0.05) is 19.1 Å². The third kappa shape index (κ3) is 3.70. The van der Waals surface area contributed by atoms with Gasteiger partial charge < -0.3 is 15.5 Å². The lowest BCUT2D eigenvalue weighted by Gasteiger charge is -2.30. The third-order valence-electron chi connectivity index (χ3n) is 3.40. The molecule has 1 saturated heterocycles. The van der Waals surface area contributed by atoms with Gasteiger partial charge in [0.1, 0.15) is 0 Å². The Kier molecular flexibility index (Phi) is 4.80. The Morgan fingerprint density at radius 1 is 1.42 bits per heavy atom. The molecule has 1 fully saturated rings. The highest BCUT2D eigenvalue weighted by Crippen LogP contribution is 2.21. The second kappa shape index (κ2) is 6.57. The van der Waals surface area contributed by atoms with Gasteiger partial charge in [0.15, 0.2) is 0 Å². The average Bonchev–Trinajstić information content (AvgIpc) is 2.39. The Morgan fingerprint density at radius 3 is 2.95 bits per heavy atom. The highest BCUT2D eigenvalue weighted by atomic mass is 16.2. The number of carbonyl (C=O) groups excluding carboxylic acids is 1. The smallest absolute Gasteiger partial charge is 0.239 e. The fourth-order valence-corrected chi connectivity index (χ4v) is 2.44. The summed E-state index contributed by atoms with van der Waals surface area (Å²) < 4.78 is 0. The standard InChI is InChI=1S/C15H23N3O/c1-3-6-16-10-13-4-5-14(12(2)9-13)18-8-7-17-15(19)11-18/h4-5,9,16H,3,6-8,10-11H2,1-2H3,(H,17,19). The van der Waals surface area contributed by atoms with Gasteiger partial charge in [-0.15, -0.1) is 0 Å². The van der Waals surface area contributed by atoms with Crippen LogP contribution >= 0.6 is 0 Å². The van der Waals surface area contributed by atoms with Gasteiger partial charge in [0.2, 0.25) is 5.91 Å². The van der Waals surface area contributed by atoms with Crippen LogP contribution in [0.2, 0.25) is 0 Å². The molecule has 2 N–H and O–H groups in total. The first-order valence-corrected chi connectivity index (χ1v) is 7.02. The third-order valence-corrected chi connectivity index (χ3v) is 3.40. The van der Waals surface area contributed by atoms with Crippen molar-refractivity contribution in [3.8, 4) is 0 Å². The van der Waals surface area contributed by atoms with E-state index in [0.29, 0.717) is 6.54 Å². The minimum Gasteiger partial charge on any atom is -0.360 e. The number of nitrogens with one attached hydrogen (secondary N) is 2. The van der Waals surface area contributed by atoms with Gasteiger partial charge in [-0.3, -0.25) is 4.79 Å².